The third-order valence-corrected chi connectivity index (χ3v) is 3.94. The first kappa shape index (κ1) is 15.1. The lowest BCUT2D eigenvalue weighted by molar-refractivity contribution is 0.570. The van der Waals surface area contributed by atoms with Gasteiger partial charge in [-0.05, 0) is 49.1 Å². The molecule has 1 aromatic heterocycles. The largest absolute Gasteiger partial charge is 0.305 e. The summed E-state index contributed by atoms with van der Waals surface area (Å²) >= 11 is 1.91. The third kappa shape index (κ3) is 4.66. The van der Waals surface area contributed by atoms with Gasteiger partial charge >= 0.3 is 0 Å². The number of aromatic nitrogens is 1. The van der Waals surface area contributed by atoms with Crippen molar-refractivity contribution in [1.29, 1.82) is 0 Å². The predicted molar refractivity (Wildman–Crippen MR) is 88.1 cm³/mol. The second-order valence-corrected chi connectivity index (χ2v) is 5.74. The summed E-state index contributed by atoms with van der Waals surface area (Å²) in [5.41, 5.74) is 2.36. The van der Waals surface area contributed by atoms with E-state index in [1.165, 1.54) is 24.2 Å². The fourth-order valence-corrected chi connectivity index (χ4v) is 2.70. The minimum Gasteiger partial charge on any atom is -0.305 e. The van der Waals surface area contributed by atoms with E-state index < -0.39 is 0 Å². The van der Waals surface area contributed by atoms with Gasteiger partial charge in [-0.1, -0.05) is 36.4 Å². The molecule has 0 amide bonds. The minimum absolute atomic E-state index is 0.187. The lowest BCUT2D eigenvalue weighted by Gasteiger charge is -2.18. The highest BCUT2D eigenvalue weighted by atomic mass is 32.2. The molecule has 0 aliphatic carbocycles. The molecule has 0 bridgehead atoms. The van der Waals surface area contributed by atoms with Crippen molar-refractivity contribution in [2.75, 3.05) is 18.6 Å². The van der Waals surface area contributed by atoms with Gasteiger partial charge in [-0.2, -0.15) is 11.8 Å². The molecule has 1 aromatic carbocycles. The van der Waals surface area contributed by atoms with Crippen LogP contribution in [0.15, 0.2) is 54.7 Å². The lowest BCUT2D eigenvalue weighted by atomic mass is 10.0. The number of benzene rings is 1. The van der Waals surface area contributed by atoms with Crippen molar-refractivity contribution < 1.29 is 0 Å². The highest BCUT2D eigenvalue weighted by Gasteiger charge is 2.13. The van der Waals surface area contributed by atoms with Crippen molar-refractivity contribution in [3.8, 4) is 0 Å². The van der Waals surface area contributed by atoms with E-state index in [-0.39, 0.29) is 6.04 Å². The molecule has 0 saturated carbocycles. The first-order valence-corrected chi connectivity index (χ1v) is 8.49. The molecule has 0 radical (unpaired) electrons. The topological polar surface area (TPSA) is 24.9 Å². The lowest BCUT2D eigenvalue weighted by Crippen LogP contribution is -2.24. The van der Waals surface area contributed by atoms with Crippen LogP contribution >= 0.6 is 11.8 Å². The van der Waals surface area contributed by atoms with Gasteiger partial charge in [0.1, 0.15) is 0 Å². The van der Waals surface area contributed by atoms with Crippen LogP contribution in [0, 0.1) is 0 Å². The number of unbranched alkanes of at least 4 members (excludes halogenated alkanes) is 1. The number of nitrogens with one attached hydrogen (secondary N) is 1. The average Bonchev–Trinajstić information content (AvgIpc) is 2.53. The molecule has 0 saturated heterocycles. The molecule has 2 rings (SSSR count). The minimum atomic E-state index is 0.187. The van der Waals surface area contributed by atoms with Crippen LogP contribution in [0.1, 0.15) is 30.1 Å². The maximum atomic E-state index is 4.50. The van der Waals surface area contributed by atoms with E-state index in [0.717, 1.165) is 12.2 Å². The Morgan fingerprint density at radius 1 is 1.05 bits per heavy atom. The van der Waals surface area contributed by atoms with E-state index in [1.54, 1.807) is 0 Å². The molecule has 3 heteroatoms. The number of hydrogen-bond donors (Lipinski definition) is 1. The summed E-state index contributed by atoms with van der Waals surface area (Å²) in [4.78, 5) is 4.50. The Hall–Kier alpha value is -1.32. The Morgan fingerprint density at radius 3 is 2.55 bits per heavy atom. The van der Waals surface area contributed by atoms with Crippen LogP contribution in [0.2, 0.25) is 0 Å². The standard InChI is InChI=1S/C17H22N2S/c1-20-14-8-7-13-19-17(15-9-3-2-4-10-15)16-11-5-6-12-18-16/h2-6,9-12,17,19H,7-8,13-14H2,1H3. The number of nitrogens with zero attached hydrogens (tertiary/aromatic N) is 1. The fraction of sp³-hybridized carbons (Fsp3) is 0.353. The first-order valence-electron chi connectivity index (χ1n) is 7.10. The van der Waals surface area contributed by atoms with Crippen molar-refractivity contribution in [3.05, 3.63) is 66.0 Å². The second kappa shape index (κ2) is 8.77. The number of hydrogen-bond acceptors (Lipinski definition) is 3. The zero-order chi connectivity index (χ0) is 14.0. The quantitative estimate of drug-likeness (QED) is 0.745. The summed E-state index contributed by atoms with van der Waals surface area (Å²) in [5.74, 6) is 1.24. The van der Waals surface area contributed by atoms with Crippen LogP contribution in [-0.2, 0) is 0 Å². The number of thioether (sulfide) groups is 1. The van der Waals surface area contributed by atoms with Gasteiger partial charge in [0.05, 0.1) is 11.7 Å². The highest BCUT2D eigenvalue weighted by Crippen LogP contribution is 2.19. The molecule has 0 spiro atoms. The van der Waals surface area contributed by atoms with Crippen molar-refractivity contribution >= 4 is 11.8 Å². The van der Waals surface area contributed by atoms with Gasteiger partial charge in [-0.3, -0.25) is 4.98 Å². The van der Waals surface area contributed by atoms with Crippen LogP contribution in [-0.4, -0.2) is 23.5 Å². The van der Waals surface area contributed by atoms with E-state index in [1.807, 2.05) is 30.1 Å². The first-order chi connectivity index (χ1) is 9.92. The van der Waals surface area contributed by atoms with Crippen LogP contribution in [0.4, 0.5) is 0 Å². The van der Waals surface area contributed by atoms with Crippen LogP contribution in [0.25, 0.3) is 0 Å². The van der Waals surface area contributed by atoms with Crippen molar-refractivity contribution in [1.82, 2.24) is 10.3 Å². The van der Waals surface area contributed by atoms with Gasteiger partial charge in [-0.15, -0.1) is 0 Å². The fourth-order valence-electron chi connectivity index (χ4n) is 2.20. The smallest absolute Gasteiger partial charge is 0.0751 e. The molecule has 1 heterocycles. The molecule has 106 valence electrons. The molecule has 0 aliphatic rings. The Labute approximate surface area is 126 Å². The van der Waals surface area contributed by atoms with Gasteiger partial charge in [0.15, 0.2) is 0 Å². The van der Waals surface area contributed by atoms with Gasteiger partial charge in [-0.25, -0.2) is 0 Å². The van der Waals surface area contributed by atoms with Crippen LogP contribution in [0.3, 0.4) is 0 Å². The average molecular weight is 286 g/mol. The number of rotatable bonds is 8. The molecule has 2 aromatic rings. The highest BCUT2D eigenvalue weighted by molar-refractivity contribution is 7.98. The monoisotopic (exact) mass is 286 g/mol. The van der Waals surface area contributed by atoms with Gasteiger partial charge in [0, 0.05) is 6.20 Å². The predicted octanol–water partition coefficient (Wildman–Crippen LogP) is 3.90. The maximum Gasteiger partial charge on any atom is 0.0751 e. The maximum absolute atomic E-state index is 4.50. The summed E-state index contributed by atoms with van der Waals surface area (Å²) in [6, 6.07) is 16.8. The van der Waals surface area contributed by atoms with Crippen LogP contribution < -0.4 is 5.32 Å². The summed E-state index contributed by atoms with van der Waals surface area (Å²) in [6.07, 6.45) is 6.49. The zero-order valence-corrected chi connectivity index (χ0v) is 12.8. The van der Waals surface area contributed by atoms with E-state index in [9.17, 15) is 0 Å². The van der Waals surface area contributed by atoms with Crippen molar-refractivity contribution in [2.45, 2.75) is 18.9 Å². The summed E-state index contributed by atoms with van der Waals surface area (Å²) in [7, 11) is 0. The van der Waals surface area contributed by atoms with E-state index >= 15 is 0 Å². The Bertz CT molecular complexity index is 433. The molecule has 0 fully saturated rings. The molecule has 20 heavy (non-hydrogen) atoms. The zero-order valence-electron chi connectivity index (χ0n) is 12.0. The second-order valence-electron chi connectivity index (χ2n) is 4.75. The van der Waals surface area contributed by atoms with Gasteiger partial charge in [0.25, 0.3) is 0 Å². The van der Waals surface area contributed by atoms with E-state index in [2.05, 4.69) is 53.0 Å². The Morgan fingerprint density at radius 2 is 1.85 bits per heavy atom. The summed E-state index contributed by atoms with van der Waals surface area (Å²) in [6.45, 7) is 1.02. The van der Waals surface area contributed by atoms with Crippen molar-refractivity contribution in [2.24, 2.45) is 0 Å². The van der Waals surface area contributed by atoms with E-state index in [4.69, 9.17) is 0 Å². The van der Waals surface area contributed by atoms with Crippen molar-refractivity contribution in [3.63, 3.8) is 0 Å². The van der Waals surface area contributed by atoms with Gasteiger partial charge in [0.2, 0.25) is 0 Å². The Balaban J connectivity index is 2.02. The number of pyridine rings is 1. The molecule has 2 nitrogen and oxygen atoms in total. The molecule has 1 N–H and O–H groups in total. The molecule has 1 atom stereocenters. The van der Waals surface area contributed by atoms with Crippen LogP contribution in [0.5, 0.6) is 0 Å². The normalized spacial score (nSPS) is 12.2. The summed E-state index contributed by atoms with van der Waals surface area (Å²) in [5, 5.41) is 3.64. The molecule has 1 unspecified atom stereocenters. The Kier molecular flexibility index (Phi) is 6.61. The van der Waals surface area contributed by atoms with Gasteiger partial charge < -0.3 is 5.32 Å². The molecule has 0 aliphatic heterocycles. The summed E-state index contributed by atoms with van der Waals surface area (Å²) < 4.78 is 0. The SMILES string of the molecule is CSCCCCNC(c1ccccc1)c1ccccn1. The molecular formula is C17H22N2S. The van der Waals surface area contributed by atoms with E-state index in [0.29, 0.717) is 0 Å². The third-order valence-electron chi connectivity index (χ3n) is 3.24. The molecular weight excluding hydrogens is 264 g/mol.